The summed E-state index contributed by atoms with van der Waals surface area (Å²) in [4.78, 5) is 24.2. The molecule has 0 atom stereocenters. The van der Waals surface area contributed by atoms with Gasteiger partial charge in [0.05, 0.1) is 0 Å². The molecule has 0 N–H and O–H groups in total. The predicted octanol–water partition coefficient (Wildman–Crippen LogP) is 1.74. The van der Waals surface area contributed by atoms with Crippen LogP contribution in [0.2, 0.25) is 0 Å². The number of rotatable bonds is 2. The zero-order chi connectivity index (χ0) is 11.8. The molecule has 0 aromatic carbocycles. The first kappa shape index (κ1) is 11.1. The Morgan fingerprint density at radius 2 is 1.94 bits per heavy atom. The van der Waals surface area contributed by atoms with Gasteiger partial charge < -0.3 is 9.47 Å². The Bertz CT molecular complexity index is 388. The molecule has 0 aliphatic carbocycles. The smallest absolute Gasteiger partial charge is 0.323 e. The summed E-state index contributed by atoms with van der Waals surface area (Å²) in [6, 6.07) is 3.76. The number of hydrogen-bond donors (Lipinski definition) is 0. The number of cyclic esters (lactones) is 2. The van der Waals surface area contributed by atoms with Gasteiger partial charge >= 0.3 is 11.9 Å². The minimum Gasteiger partial charge on any atom is -0.422 e. The third-order valence-corrected chi connectivity index (χ3v) is 3.15. The second-order valence-corrected chi connectivity index (χ2v) is 5.11. The van der Waals surface area contributed by atoms with E-state index in [0.717, 1.165) is 4.88 Å². The van der Waals surface area contributed by atoms with Gasteiger partial charge in [0.2, 0.25) is 0 Å². The average Bonchev–Trinajstić information content (AvgIpc) is 2.62. The van der Waals surface area contributed by atoms with Gasteiger partial charge in [-0.1, -0.05) is 6.07 Å². The third-order valence-electron chi connectivity index (χ3n) is 2.25. The molecule has 1 fully saturated rings. The van der Waals surface area contributed by atoms with Gasteiger partial charge in [0.15, 0.2) is 5.92 Å². The van der Waals surface area contributed by atoms with Crippen LogP contribution in [-0.4, -0.2) is 17.7 Å². The van der Waals surface area contributed by atoms with E-state index in [4.69, 9.17) is 9.47 Å². The molecule has 2 heterocycles. The van der Waals surface area contributed by atoms with E-state index in [0.29, 0.717) is 6.42 Å². The first-order valence-corrected chi connectivity index (χ1v) is 5.84. The zero-order valence-corrected chi connectivity index (χ0v) is 9.87. The Balaban J connectivity index is 2.11. The van der Waals surface area contributed by atoms with Gasteiger partial charge in [-0.05, 0) is 11.4 Å². The van der Waals surface area contributed by atoms with Crippen molar-refractivity contribution in [1.82, 2.24) is 0 Å². The van der Waals surface area contributed by atoms with Gasteiger partial charge in [-0.3, -0.25) is 9.59 Å². The fraction of sp³-hybridized carbons (Fsp3) is 0.455. The monoisotopic (exact) mass is 240 g/mol. The highest BCUT2D eigenvalue weighted by Gasteiger charge is 2.43. The van der Waals surface area contributed by atoms with E-state index in [2.05, 4.69) is 0 Å². The van der Waals surface area contributed by atoms with E-state index >= 15 is 0 Å². The largest absolute Gasteiger partial charge is 0.422 e. The molecule has 1 aromatic heterocycles. The van der Waals surface area contributed by atoms with Crippen molar-refractivity contribution in [1.29, 1.82) is 0 Å². The lowest BCUT2D eigenvalue weighted by atomic mass is 10.0. The summed E-state index contributed by atoms with van der Waals surface area (Å²) in [7, 11) is 0. The molecule has 1 saturated heterocycles. The number of ether oxygens (including phenoxy) is 2. The maximum atomic E-state index is 11.6. The number of carbonyl (C=O) groups excluding carboxylic acids is 2. The molecule has 2 rings (SSSR count). The quantitative estimate of drug-likeness (QED) is 0.583. The van der Waals surface area contributed by atoms with Gasteiger partial charge in [0.1, 0.15) is 0 Å². The van der Waals surface area contributed by atoms with Crippen LogP contribution in [0.1, 0.15) is 18.7 Å². The number of hydrogen-bond acceptors (Lipinski definition) is 5. The lowest BCUT2D eigenvalue weighted by Crippen LogP contribution is -2.46. The average molecular weight is 240 g/mol. The summed E-state index contributed by atoms with van der Waals surface area (Å²) in [5.41, 5.74) is 0. The van der Waals surface area contributed by atoms with Crippen molar-refractivity contribution >= 4 is 23.3 Å². The van der Waals surface area contributed by atoms with Crippen molar-refractivity contribution in [2.75, 3.05) is 0 Å². The Kier molecular flexibility index (Phi) is 2.71. The Morgan fingerprint density at radius 1 is 1.31 bits per heavy atom. The highest BCUT2D eigenvalue weighted by atomic mass is 32.1. The van der Waals surface area contributed by atoms with E-state index in [1.54, 1.807) is 13.8 Å². The van der Waals surface area contributed by atoms with E-state index in [-0.39, 0.29) is 0 Å². The van der Waals surface area contributed by atoms with Crippen molar-refractivity contribution in [3.8, 4) is 0 Å². The fourth-order valence-corrected chi connectivity index (χ4v) is 2.29. The molecule has 0 unspecified atom stereocenters. The van der Waals surface area contributed by atoms with Crippen LogP contribution in [0.15, 0.2) is 17.5 Å². The van der Waals surface area contributed by atoms with Gasteiger partial charge in [0.25, 0.3) is 5.79 Å². The van der Waals surface area contributed by atoms with Crippen LogP contribution in [-0.2, 0) is 25.5 Å². The standard InChI is InChI=1S/C11H12O4S/c1-11(2)14-9(12)8(10(13)15-11)6-7-4-3-5-16-7/h3-5,8H,6H2,1-2H3. The summed E-state index contributed by atoms with van der Waals surface area (Å²) in [5.74, 6) is -2.98. The lowest BCUT2D eigenvalue weighted by Gasteiger charge is -2.32. The number of carbonyl (C=O) groups is 2. The summed E-state index contributed by atoms with van der Waals surface area (Å²) in [5, 5.41) is 1.90. The maximum Gasteiger partial charge on any atom is 0.323 e. The zero-order valence-electron chi connectivity index (χ0n) is 9.06. The molecule has 1 aliphatic heterocycles. The maximum absolute atomic E-state index is 11.6. The molecular formula is C11H12O4S. The molecule has 0 amide bonds. The van der Waals surface area contributed by atoms with E-state index in [1.165, 1.54) is 11.3 Å². The van der Waals surface area contributed by atoms with Crippen molar-refractivity contribution < 1.29 is 19.1 Å². The van der Waals surface area contributed by atoms with Crippen LogP contribution in [0.4, 0.5) is 0 Å². The van der Waals surface area contributed by atoms with E-state index in [1.807, 2.05) is 17.5 Å². The first-order valence-electron chi connectivity index (χ1n) is 4.96. The van der Waals surface area contributed by atoms with Crippen LogP contribution in [0.5, 0.6) is 0 Å². The van der Waals surface area contributed by atoms with Crippen LogP contribution in [0.3, 0.4) is 0 Å². The molecule has 0 radical (unpaired) electrons. The van der Waals surface area contributed by atoms with Crippen LogP contribution in [0.25, 0.3) is 0 Å². The highest BCUT2D eigenvalue weighted by Crippen LogP contribution is 2.26. The third kappa shape index (κ3) is 2.24. The normalized spacial score (nSPS) is 20.4. The minimum absolute atomic E-state index is 0.353. The highest BCUT2D eigenvalue weighted by molar-refractivity contribution is 7.09. The fourth-order valence-electron chi connectivity index (χ4n) is 1.54. The molecule has 0 saturated carbocycles. The Morgan fingerprint density at radius 3 is 2.44 bits per heavy atom. The van der Waals surface area contributed by atoms with E-state index in [9.17, 15) is 9.59 Å². The minimum atomic E-state index is -1.14. The van der Waals surface area contributed by atoms with Crippen LogP contribution < -0.4 is 0 Å². The summed E-state index contributed by atoms with van der Waals surface area (Å²) < 4.78 is 10.1. The molecule has 16 heavy (non-hydrogen) atoms. The predicted molar refractivity (Wildman–Crippen MR) is 57.8 cm³/mol. The summed E-state index contributed by atoms with van der Waals surface area (Å²) >= 11 is 1.50. The first-order chi connectivity index (χ1) is 7.48. The molecule has 0 spiro atoms. The molecule has 86 valence electrons. The van der Waals surface area contributed by atoms with Gasteiger partial charge in [-0.15, -0.1) is 11.3 Å². The Hall–Kier alpha value is -1.36. The molecular weight excluding hydrogens is 228 g/mol. The van der Waals surface area contributed by atoms with Crippen LogP contribution >= 0.6 is 11.3 Å². The summed E-state index contributed by atoms with van der Waals surface area (Å²) in [6.07, 6.45) is 0.353. The molecule has 4 nitrogen and oxygen atoms in total. The van der Waals surface area contributed by atoms with Gasteiger partial charge in [0, 0.05) is 25.1 Å². The van der Waals surface area contributed by atoms with Gasteiger partial charge in [-0.25, -0.2) is 0 Å². The molecule has 1 aromatic rings. The summed E-state index contributed by atoms with van der Waals surface area (Å²) in [6.45, 7) is 3.09. The van der Waals surface area contributed by atoms with E-state index < -0.39 is 23.6 Å². The second kappa shape index (κ2) is 3.90. The lowest BCUT2D eigenvalue weighted by molar-refractivity contribution is -0.239. The topological polar surface area (TPSA) is 52.6 Å². The molecule has 1 aliphatic rings. The van der Waals surface area contributed by atoms with Crippen molar-refractivity contribution in [3.05, 3.63) is 22.4 Å². The second-order valence-electron chi connectivity index (χ2n) is 4.08. The SMILES string of the molecule is CC1(C)OC(=O)C(Cc2cccs2)C(=O)O1. The van der Waals surface area contributed by atoms with Crippen molar-refractivity contribution in [2.24, 2.45) is 5.92 Å². The number of thiophene rings is 1. The number of esters is 2. The van der Waals surface area contributed by atoms with Crippen molar-refractivity contribution in [3.63, 3.8) is 0 Å². The van der Waals surface area contributed by atoms with Gasteiger partial charge in [-0.2, -0.15) is 0 Å². The molecule has 0 bridgehead atoms. The van der Waals surface area contributed by atoms with Crippen molar-refractivity contribution in [2.45, 2.75) is 26.1 Å². The molecule has 5 heteroatoms. The Labute approximate surface area is 97.2 Å². The van der Waals surface area contributed by atoms with Crippen LogP contribution in [0, 0.1) is 5.92 Å².